The molecule has 3 heterocycles. The minimum atomic E-state index is -1.73. The lowest BCUT2D eigenvalue weighted by molar-refractivity contribution is -0.356. The van der Waals surface area contributed by atoms with Crippen molar-refractivity contribution in [3.63, 3.8) is 0 Å². The number of aliphatic hydroxyl groups is 2. The fraction of sp³-hybridized carbons (Fsp3) is 0.886. The molecule has 46 heavy (non-hydrogen) atoms. The second-order valence-electron chi connectivity index (χ2n) is 14.5. The molecule has 0 spiro atoms. The molecule has 0 aromatic carbocycles. The van der Waals surface area contributed by atoms with E-state index in [1.807, 2.05) is 40.7 Å². The van der Waals surface area contributed by atoms with Crippen LogP contribution in [0.15, 0.2) is 11.6 Å². The van der Waals surface area contributed by atoms with E-state index in [0.29, 0.717) is 12.8 Å². The van der Waals surface area contributed by atoms with Gasteiger partial charge in [0.2, 0.25) is 5.91 Å². The van der Waals surface area contributed by atoms with Crippen molar-refractivity contribution >= 4 is 11.8 Å². The Morgan fingerprint density at radius 2 is 1.67 bits per heavy atom. The van der Waals surface area contributed by atoms with E-state index < -0.39 is 90.0 Å². The van der Waals surface area contributed by atoms with Gasteiger partial charge in [-0.25, -0.2) is 0 Å². The normalized spacial score (nSPS) is 48.2. The highest BCUT2D eigenvalue weighted by atomic mass is 16.7. The molecule has 15 unspecified atom stereocenters. The summed E-state index contributed by atoms with van der Waals surface area (Å²) < 4.78 is 37.4. The highest BCUT2D eigenvalue weighted by molar-refractivity contribution is 5.85. The number of carbonyl (C=O) groups is 2. The number of ether oxygens (including phenoxy) is 6. The lowest BCUT2D eigenvalue weighted by Gasteiger charge is -2.50. The molecular formula is C35H61NO10. The maximum absolute atomic E-state index is 13.9. The molecule has 4 N–H and O–H groups in total. The Labute approximate surface area is 275 Å². The molecule has 0 radical (unpaired) electrons. The largest absolute Gasteiger partial charge is 0.462 e. The van der Waals surface area contributed by atoms with Crippen LogP contribution >= 0.6 is 0 Å². The van der Waals surface area contributed by atoms with Crippen molar-refractivity contribution in [3.05, 3.63) is 11.6 Å². The van der Waals surface area contributed by atoms with E-state index in [1.165, 1.54) is 7.11 Å². The second kappa shape index (κ2) is 15.8. The summed E-state index contributed by atoms with van der Waals surface area (Å²) in [5, 5.41) is 22.1. The molecule has 3 aliphatic rings. The van der Waals surface area contributed by atoms with Crippen molar-refractivity contribution in [2.24, 2.45) is 35.3 Å². The first-order valence-corrected chi connectivity index (χ1v) is 17.2. The summed E-state index contributed by atoms with van der Waals surface area (Å²) >= 11 is 0. The number of rotatable bonds is 6. The SMILES string of the molecule is CCC1OC(=O)C(C)C(OC2(N)CC(C)(OC)C(O)C(C)O2)C(C)C(OC2CCCC(C)O2)/C(C)=C/C(C)C(=O)C(C)C(O)C1C. The van der Waals surface area contributed by atoms with Gasteiger partial charge in [0.25, 0.3) is 0 Å². The third-order valence-electron chi connectivity index (χ3n) is 10.6. The Morgan fingerprint density at radius 1 is 1.02 bits per heavy atom. The molecule has 15 atom stereocenters. The Morgan fingerprint density at radius 3 is 2.26 bits per heavy atom. The lowest BCUT2D eigenvalue weighted by atomic mass is 9.80. The molecule has 2 saturated heterocycles. The molecule has 3 rings (SSSR count). The third kappa shape index (κ3) is 8.77. The van der Waals surface area contributed by atoms with Crippen LogP contribution in [0, 0.1) is 29.6 Å². The number of hydrogen-bond donors (Lipinski definition) is 3. The van der Waals surface area contributed by atoms with E-state index in [4.69, 9.17) is 34.2 Å². The number of Topliss-reactive ketones (excluding diaryl/α,β-unsaturated/α-hetero) is 1. The average Bonchev–Trinajstić information content (AvgIpc) is 3.01. The van der Waals surface area contributed by atoms with E-state index in [9.17, 15) is 19.8 Å². The van der Waals surface area contributed by atoms with Gasteiger partial charge in [0.1, 0.15) is 18.0 Å². The van der Waals surface area contributed by atoms with Crippen molar-refractivity contribution in [2.45, 2.75) is 162 Å². The maximum atomic E-state index is 13.9. The topological polar surface area (TPSA) is 156 Å². The van der Waals surface area contributed by atoms with Gasteiger partial charge in [0, 0.05) is 37.2 Å². The summed E-state index contributed by atoms with van der Waals surface area (Å²) in [5.41, 5.74) is 6.50. The van der Waals surface area contributed by atoms with Crippen LogP contribution in [0.3, 0.4) is 0 Å². The average molecular weight is 656 g/mol. The van der Waals surface area contributed by atoms with Gasteiger partial charge in [0.15, 0.2) is 6.29 Å². The smallest absolute Gasteiger partial charge is 0.311 e. The lowest BCUT2D eigenvalue weighted by Crippen LogP contribution is -2.66. The fourth-order valence-electron chi connectivity index (χ4n) is 7.50. The number of cyclic esters (lactones) is 1. The summed E-state index contributed by atoms with van der Waals surface area (Å²) in [6.07, 6.45) is -0.485. The van der Waals surface area contributed by atoms with Crippen molar-refractivity contribution in [1.29, 1.82) is 0 Å². The summed E-state index contributed by atoms with van der Waals surface area (Å²) in [4.78, 5) is 27.5. The predicted molar refractivity (Wildman–Crippen MR) is 172 cm³/mol. The zero-order chi connectivity index (χ0) is 34.7. The Bertz CT molecular complexity index is 1070. The molecule has 0 aromatic rings. The van der Waals surface area contributed by atoms with Crippen LogP contribution in [0.25, 0.3) is 0 Å². The second-order valence-corrected chi connectivity index (χ2v) is 14.5. The molecule has 11 heteroatoms. The predicted octanol–water partition coefficient (Wildman–Crippen LogP) is 4.25. The first-order valence-electron chi connectivity index (χ1n) is 17.2. The van der Waals surface area contributed by atoms with Crippen LogP contribution in [0.1, 0.15) is 101 Å². The monoisotopic (exact) mass is 655 g/mol. The fourth-order valence-corrected chi connectivity index (χ4v) is 7.50. The van der Waals surface area contributed by atoms with Crippen molar-refractivity contribution in [1.82, 2.24) is 0 Å². The first-order chi connectivity index (χ1) is 21.4. The number of aliphatic hydroxyl groups excluding tert-OH is 2. The molecule has 266 valence electrons. The minimum Gasteiger partial charge on any atom is -0.462 e. The van der Waals surface area contributed by atoms with Crippen LogP contribution < -0.4 is 5.73 Å². The standard InChI is InChI=1S/C35H61NO10/c1-12-26-21(5)29(38)22(6)28(37)18(2)16-19(3)30(44-27-15-13-14-20(4)42-27)23(7)31(24(8)33(40)43-26)46-35(36)17-34(10,41-11)32(39)25(9)45-35/h16,18,20-27,29-32,38-39H,12-15,17,36H2,1-11H3/b19-16+. The van der Waals surface area contributed by atoms with Gasteiger partial charge in [0.05, 0.1) is 42.0 Å². The van der Waals surface area contributed by atoms with Crippen LogP contribution in [-0.2, 0) is 38.0 Å². The van der Waals surface area contributed by atoms with Gasteiger partial charge in [-0.1, -0.05) is 40.7 Å². The quantitative estimate of drug-likeness (QED) is 0.214. The van der Waals surface area contributed by atoms with Gasteiger partial charge in [-0.05, 0) is 65.9 Å². The Kier molecular flexibility index (Phi) is 13.4. The van der Waals surface area contributed by atoms with Gasteiger partial charge in [-0.15, -0.1) is 0 Å². The van der Waals surface area contributed by atoms with Gasteiger partial charge in [-0.2, -0.15) is 0 Å². The Hall–Kier alpha value is -1.44. The minimum absolute atomic E-state index is 0.0131. The number of esters is 1. The van der Waals surface area contributed by atoms with Crippen LogP contribution in [0.4, 0.5) is 0 Å². The van der Waals surface area contributed by atoms with Crippen molar-refractivity contribution < 1.29 is 48.2 Å². The van der Waals surface area contributed by atoms with Crippen LogP contribution in [-0.4, -0.2) is 89.6 Å². The number of methoxy groups -OCH3 is 1. The molecule has 0 aromatic heterocycles. The number of allylic oxidation sites excluding steroid dienone is 1. The molecule has 2 fully saturated rings. The summed E-state index contributed by atoms with van der Waals surface area (Å²) in [6.45, 7) is 18.2. The number of carbonyl (C=O) groups excluding carboxylic acids is 2. The molecule has 0 aliphatic carbocycles. The highest BCUT2D eigenvalue weighted by Gasteiger charge is 2.54. The third-order valence-corrected chi connectivity index (χ3v) is 10.6. The Balaban J connectivity index is 2.13. The van der Waals surface area contributed by atoms with Crippen molar-refractivity contribution in [3.8, 4) is 0 Å². The molecule has 0 bridgehead atoms. The summed E-state index contributed by atoms with van der Waals surface area (Å²) in [5.74, 6) is -5.42. The summed E-state index contributed by atoms with van der Waals surface area (Å²) in [7, 11) is 1.50. The van der Waals surface area contributed by atoms with E-state index in [2.05, 4.69) is 0 Å². The zero-order valence-corrected chi connectivity index (χ0v) is 29.9. The molecule has 0 saturated carbocycles. The van der Waals surface area contributed by atoms with Crippen LogP contribution in [0.5, 0.6) is 0 Å². The molecule has 11 nitrogen and oxygen atoms in total. The number of hydrogen-bond acceptors (Lipinski definition) is 11. The molecular weight excluding hydrogens is 594 g/mol. The van der Waals surface area contributed by atoms with Crippen LogP contribution in [0.2, 0.25) is 0 Å². The van der Waals surface area contributed by atoms with E-state index in [1.54, 1.807) is 34.6 Å². The molecule has 0 amide bonds. The van der Waals surface area contributed by atoms with Gasteiger partial charge >= 0.3 is 5.97 Å². The van der Waals surface area contributed by atoms with Gasteiger partial charge in [-0.3, -0.25) is 15.3 Å². The summed E-state index contributed by atoms with van der Waals surface area (Å²) in [6, 6.07) is 0. The highest BCUT2D eigenvalue weighted by Crippen LogP contribution is 2.40. The van der Waals surface area contributed by atoms with E-state index in [-0.39, 0.29) is 18.3 Å². The van der Waals surface area contributed by atoms with E-state index >= 15 is 0 Å². The molecule has 3 aliphatic heterocycles. The maximum Gasteiger partial charge on any atom is 0.311 e. The van der Waals surface area contributed by atoms with Crippen molar-refractivity contribution in [2.75, 3.05) is 7.11 Å². The van der Waals surface area contributed by atoms with Gasteiger partial charge < -0.3 is 38.6 Å². The van der Waals surface area contributed by atoms with E-state index in [0.717, 1.165) is 18.4 Å². The zero-order valence-electron chi connectivity index (χ0n) is 29.9. The number of ketones is 1. The first kappa shape index (κ1) is 39.0. The number of nitrogens with two attached hydrogens (primary N) is 1.